The van der Waals surface area contributed by atoms with Crippen LogP contribution in [0.4, 0.5) is 22.7 Å². The summed E-state index contributed by atoms with van der Waals surface area (Å²) in [4.78, 5) is 2.47. The number of anilines is 4. The van der Waals surface area contributed by atoms with E-state index in [-0.39, 0.29) is 5.41 Å². The summed E-state index contributed by atoms with van der Waals surface area (Å²) < 4.78 is 2.63. The minimum atomic E-state index is -0.147. The molecule has 0 atom stereocenters. The lowest BCUT2D eigenvalue weighted by molar-refractivity contribution is 0.661. The number of nitrogens with zero attached hydrogens (tertiary/aromatic N) is 2. The molecular weight excluding hydrogens is 799 g/mol. The first-order valence-corrected chi connectivity index (χ1v) is 23.2. The molecule has 0 amide bonds. The number of allylic oxidation sites excluding steroid dienone is 1. The third-order valence-electron chi connectivity index (χ3n) is 14.4. The van der Waals surface area contributed by atoms with Crippen molar-refractivity contribution >= 4 is 72.2 Å². The summed E-state index contributed by atoms with van der Waals surface area (Å²) in [6.45, 7) is 4.79. The minimum Gasteiger partial charge on any atom is -0.356 e. The van der Waals surface area contributed by atoms with Crippen LogP contribution >= 0.6 is 0 Å². The van der Waals surface area contributed by atoms with Gasteiger partial charge in [-0.15, -0.1) is 0 Å². The Hall–Kier alpha value is -8.14. The Labute approximate surface area is 385 Å². The molecule has 2 aliphatic carbocycles. The maximum Gasteiger partial charge on any atom is 0.0579 e. The van der Waals surface area contributed by atoms with Crippen LogP contribution in [-0.4, -0.2) is 4.57 Å². The van der Waals surface area contributed by atoms with Gasteiger partial charge in [-0.2, -0.15) is 0 Å². The molecule has 0 radical (unpaired) electrons. The fourth-order valence-corrected chi connectivity index (χ4v) is 11.3. The molecule has 0 unspecified atom stereocenters. The highest BCUT2D eigenvalue weighted by Crippen LogP contribution is 2.53. The molecular formula is C63H47N3. The second kappa shape index (κ2) is 15.0. The lowest BCUT2D eigenvalue weighted by Gasteiger charge is -2.33. The Morgan fingerprint density at radius 2 is 1.15 bits per heavy atom. The fraction of sp³-hybridized carbons (Fsp3) is 0.0794. The van der Waals surface area contributed by atoms with E-state index >= 15 is 0 Å². The fourth-order valence-electron chi connectivity index (χ4n) is 11.3. The Balaban J connectivity index is 1.17. The molecule has 1 N–H and O–H groups in total. The summed E-state index contributed by atoms with van der Waals surface area (Å²) in [7, 11) is 0. The van der Waals surface area contributed by atoms with E-state index in [1.807, 2.05) is 0 Å². The largest absolute Gasteiger partial charge is 0.356 e. The van der Waals surface area contributed by atoms with Gasteiger partial charge in [0, 0.05) is 50.0 Å². The van der Waals surface area contributed by atoms with Crippen molar-refractivity contribution < 1.29 is 0 Å². The van der Waals surface area contributed by atoms with Crippen LogP contribution in [0, 0.1) is 0 Å². The van der Waals surface area contributed by atoms with Crippen LogP contribution in [0.25, 0.3) is 77.4 Å². The van der Waals surface area contributed by atoms with Gasteiger partial charge in [0.1, 0.15) is 0 Å². The Morgan fingerprint density at radius 1 is 0.470 bits per heavy atom. The molecule has 0 saturated heterocycles. The molecule has 66 heavy (non-hydrogen) atoms. The highest BCUT2D eigenvalue weighted by atomic mass is 15.1. The molecule has 0 aliphatic heterocycles. The van der Waals surface area contributed by atoms with Crippen molar-refractivity contribution in [3.63, 3.8) is 0 Å². The molecule has 1 heterocycles. The molecule has 3 nitrogen and oxygen atoms in total. The van der Waals surface area contributed by atoms with Crippen molar-refractivity contribution in [1.29, 1.82) is 0 Å². The van der Waals surface area contributed by atoms with Crippen LogP contribution in [-0.2, 0) is 11.8 Å². The Kier molecular flexibility index (Phi) is 8.69. The molecule has 10 aromatic carbocycles. The summed E-state index contributed by atoms with van der Waals surface area (Å²) >= 11 is 0. The van der Waals surface area contributed by atoms with Crippen molar-refractivity contribution in [2.24, 2.45) is 0 Å². The lowest BCUT2D eigenvalue weighted by Crippen LogP contribution is -2.20. The maximum absolute atomic E-state index is 3.79. The van der Waals surface area contributed by atoms with Gasteiger partial charge in [-0.3, -0.25) is 0 Å². The van der Waals surface area contributed by atoms with Gasteiger partial charge in [0.25, 0.3) is 0 Å². The summed E-state index contributed by atoms with van der Waals surface area (Å²) in [5.74, 6) is 0. The van der Waals surface area contributed by atoms with Gasteiger partial charge in [0.2, 0.25) is 0 Å². The molecule has 314 valence electrons. The summed E-state index contributed by atoms with van der Waals surface area (Å²) in [5, 5.41) is 11.3. The quantitative estimate of drug-likeness (QED) is 0.172. The summed E-state index contributed by atoms with van der Waals surface area (Å²) in [6.07, 6.45) is 4.24. The van der Waals surface area contributed by atoms with Crippen LogP contribution in [0.3, 0.4) is 0 Å². The standard InChI is InChI=1S/C63H47N3/c1-63(2)57-28-16-14-26-49(57)53-39-54-50-27-15-17-29-59(50)66(60(54)40-58(53)63)62-52-35-33-48(65(46-22-8-4-9-23-46)47-24-10-5-11-25-47)38-55(52)61(43-31-30-41-18-12-13-19-42(41)36-43)51-34-32-45(37-56(51)62)64-44-20-6-3-7-21-44/h3-32,34,36-40,64H,33,35H2,1-2H3. The monoisotopic (exact) mass is 845 g/mol. The van der Waals surface area contributed by atoms with Crippen LogP contribution < -0.4 is 10.2 Å². The molecule has 1 aromatic heterocycles. The number of benzene rings is 10. The predicted octanol–water partition coefficient (Wildman–Crippen LogP) is 16.9. The highest BCUT2D eigenvalue weighted by Gasteiger charge is 2.37. The zero-order valence-electron chi connectivity index (χ0n) is 37.1. The number of rotatable bonds is 7. The van der Waals surface area contributed by atoms with Crippen LogP contribution in [0.5, 0.6) is 0 Å². The second-order valence-electron chi connectivity index (χ2n) is 18.5. The Morgan fingerprint density at radius 3 is 1.94 bits per heavy atom. The first-order valence-electron chi connectivity index (χ1n) is 23.2. The maximum atomic E-state index is 3.79. The van der Waals surface area contributed by atoms with Gasteiger partial charge in [0.15, 0.2) is 0 Å². The third-order valence-corrected chi connectivity index (χ3v) is 14.4. The normalized spacial score (nSPS) is 13.7. The van der Waals surface area contributed by atoms with Crippen LogP contribution in [0.1, 0.15) is 42.5 Å². The number of para-hydroxylation sites is 4. The number of hydrogen-bond donors (Lipinski definition) is 1. The summed E-state index contributed by atoms with van der Waals surface area (Å²) in [6, 6.07) is 78.2. The molecule has 11 aromatic rings. The Bertz CT molecular complexity index is 3710. The lowest BCUT2D eigenvalue weighted by atomic mass is 9.82. The SMILES string of the molecule is CC1(C)c2ccccc2-c2cc3c4ccccc4n(-c4c5c(c(-c6ccc7ccccc7c6)c6ccc(Nc7ccccc7)cc46)C=C(N(c4ccccc4)c4ccccc4)CC5)c3cc21. The van der Waals surface area contributed by atoms with Gasteiger partial charge in [-0.1, -0.05) is 153 Å². The van der Waals surface area contributed by atoms with Crippen LogP contribution in [0.2, 0.25) is 0 Å². The average Bonchev–Trinajstić information content (AvgIpc) is 3.80. The second-order valence-corrected chi connectivity index (χ2v) is 18.5. The smallest absolute Gasteiger partial charge is 0.0579 e. The highest BCUT2D eigenvalue weighted by molar-refractivity contribution is 6.15. The molecule has 0 spiro atoms. The van der Waals surface area contributed by atoms with Crippen molar-refractivity contribution in [1.82, 2.24) is 4.57 Å². The van der Waals surface area contributed by atoms with E-state index in [1.54, 1.807) is 0 Å². The molecule has 13 rings (SSSR count). The van der Waals surface area contributed by atoms with Gasteiger partial charge < -0.3 is 14.8 Å². The van der Waals surface area contributed by atoms with Crippen molar-refractivity contribution in [2.45, 2.75) is 32.1 Å². The van der Waals surface area contributed by atoms with E-state index in [9.17, 15) is 0 Å². The molecule has 3 heteroatoms. The number of nitrogens with one attached hydrogen (secondary N) is 1. The van der Waals surface area contributed by atoms with E-state index in [2.05, 4.69) is 247 Å². The van der Waals surface area contributed by atoms with E-state index in [0.29, 0.717) is 0 Å². The molecule has 0 saturated carbocycles. The summed E-state index contributed by atoms with van der Waals surface area (Å²) in [5.41, 5.74) is 19.8. The molecule has 0 bridgehead atoms. The first kappa shape index (κ1) is 38.3. The molecule has 2 aliphatic rings. The number of hydrogen-bond acceptors (Lipinski definition) is 2. The van der Waals surface area contributed by atoms with E-state index in [0.717, 1.165) is 35.6 Å². The van der Waals surface area contributed by atoms with Gasteiger partial charge in [-0.25, -0.2) is 0 Å². The van der Waals surface area contributed by atoms with E-state index < -0.39 is 0 Å². The van der Waals surface area contributed by atoms with E-state index in [1.165, 1.54) is 99.2 Å². The number of aromatic nitrogens is 1. The van der Waals surface area contributed by atoms with E-state index in [4.69, 9.17) is 0 Å². The predicted molar refractivity (Wildman–Crippen MR) is 280 cm³/mol. The zero-order valence-corrected chi connectivity index (χ0v) is 37.1. The topological polar surface area (TPSA) is 20.2 Å². The third kappa shape index (κ3) is 5.97. The van der Waals surface area contributed by atoms with Crippen molar-refractivity contribution in [2.75, 3.05) is 10.2 Å². The number of fused-ring (bicyclic) bond motifs is 9. The molecule has 0 fully saturated rings. The van der Waals surface area contributed by atoms with Crippen molar-refractivity contribution in [3.05, 3.63) is 240 Å². The zero-order chi connectivity index (χ0) is 43.9. The van der Waals surface area contributed by atoms with Gasteiger partial charge >= 0.3 is 0 Å². The first-order chi connectivity index (χ1) is 32.5. The average molecular weight is 846 g/mol. The van der Waals surface area contributed by atoms with Gasteiger partial charge in [-0.05, 0) is 152 Å². The van der Waals surface area contributed by atoms with Gasteiger partial charge in [0.05, 0.1) is 16.7 Å². The van der Waals surface area contributed by atoms with Crippen LogP contribution in [0.15, 0.2) is 218 Å². The van der Waals surface area contributed by atoms with Crippen molar-refractivity contribution in [3.8, 4) is 27.9 Å². The minimum absolute atomic E-state index is 0.147.